The lowest BCUT2D eigenvalue weighted by Crippen LogP contribution is -2.33. The molecule has 0 aromatic heterocycles. The first-order chi connectivity index (χ1) is 5.87. The molecule has 0 aliphatic rings. The second kappa shape index (κ2) is 5.34. The summed E-state index contributed by atoms with van der Waals surface area (Å²) in [5, 5.41) is 0. The van der Waals surface area contributed by atoms with Crippen molar-refractivity contribution in [3.8, 4) is 0 Å². The van der Waals surface area contributed by atoms with Crippen molar-refractivity contribution in [3.63, 3.8) is 0 Å². The molecule has 13 heavy (non-hydrogen) atoms. The highest BCUT2D eigenvalue weighted by molar-refractivity contribution is 7.51. The maximum absolute atomic E-state index is 10.9. The Kier molecular flexibility index (Phi) is 5.17. The van der Waals surface area contributed by atoms with Gasteiger partial charge in [-0.1, -0.05) is 0 Å². The lowest BCUT2D eigenvalue weighted by atomic mass is 10.2. The summed E-state index contributed by atoms with van der Waals surface area (Å²) in [6.07, 6.45) is -0.462. The van der Waals surface area contributed by atoms with Gasteiger partial charge < -0.3 is 20.3 Å². The van der Waals surface area contributed by atoms with E-state index in [4.69, 9.17) is 15.5 Å². The standard InChI is InChI=1S/C6H14NO5P/c1-2-12-6(8)5(7)3-4-13(9,10)11/h5H,2-4,7H2,1H3,(H2,9,10,11)/t5-/m0/s1. The summed E-state index contributed by atoms with van der Waals surface area (Å²) in [5.74, 6) is -0.629. The van der Waals surface area contributed by atoms with Crippen molar-refractivity contribution in [1.82, 2.24) is 0 Å². The highest BCUT2D eigenvalue weighted by atomic mass is 31.2. The van der Waals surface area contributed by atoms with Crippen molar-refractivity contribution >= 4 is 13.6 Å². The number of esters is 1. The fourth-order valence-electron chi connectivity index (χ4n) is 0.674. The molecule has 6 nitrogen and oxygen atoms in total. The summed E-state index contributed by atoms with van der Waals surface area (Å²) < 4.78 is 15.0. The van der Waals surface area contributed by atoms with E-state index < -0.39 is 25.8 Å². The van der Waals surface area contributed by atoms with Gasteiger partial charge in [-0.25, -0.2) is 0 Å². The van der Waals surface area contributed by atoms with Crippen LogP contribution in [0, 0.1) is 0 Å². The molecule has 0 radical (unpaired) electrons. The first kappa shape index (κ1) is 12.6. The van der Waals surface area contributed by atoms with Gasteiger partial charge in [0, 0.05) is 0 Å². The Morgan fingerprint density at radius 2 is 2.15 bits per heavy atom. The number of hydrogen-bond donors (Lipinski definition) is 3. The van der Waals surface area contributed by atoms with E-state index >= 15 is 0 Å². The van der Waals surface area contributed by atoms with Gasteiger partial charge in [0.15, 0.2) is 0 Å². The predicted molar refractivity (Wildman–Crippen MR) is 46.1 cm³/mol. The molecule has 7 heteroatoms. The van der Waals surface area contributed by atoms with Gasteiger partial charge in [0.1, 0.15) is 6.04 Å². The maximum Gasteiger partial charge on any atom is 0.325 e. The van der Waals surface area contributed by atoms with Crippen molar-refractivity contribution in [2.24, 2.45) is 5.73 Å². The van der Waals surface area contributed by atoms with Crippen molar-refractivity contribution in [3.05, 3.63) is 0 Å². The van der Waals surface area contributed by atoms with Gasteiger partial charge in [-0.3, -0.25) is 9.36 Å². The minimum Gasteiger partial charge on any atom is -0.465 e. The van der Waals surface area contributed by atoms with Gasteiger partial charge >= 0.3 is 13.6 Å². The fraction of sp³-hybridized carbons (Fsp3) is 0.833. The van der Waals surface area contributed by atoms with Crippen LogP contribution < -0.4 is 5.73 Å². The van der Waals surface area contributed by atoms with E-state index in [1.807, 2.05) is 0 Å². The molecule has 0 unspecified atom stereocenters. The van der Waals surface area contributed by atoms with Gasteiger partial charge in [-0.05, 0) is 13.3 Å². The molecule has 0 aliphatic carbocycles. The van der Waals surface area contributed by atoms with Gasteiger partial charge in [-0.2, -0.15) is 0 Å². The van der Waals surface area contributed by atoms with E-state index in [1.54, 1.807) is 6.92 Å². The Balaban J connectivity index is 3.81. The molecule has 0 aromatic rings. The van der Waals surface area contributed by atoms with Crippen LogP contribution in [0.1, 0.15) is 13.3 Å². The number of carbonyl (C=O) groups excluding carboxylic acids is 1. The molecule has 4 N–H and O–H groups in total. The number of ether oxygens (including phenoxy) is 1. The SMILES string of the molecule is CCOC(=O)[C@@H](N)CCP(=O)(O)O. The van der Waals surface area contributed by atoms with Crippen LogP contribution in [-0.2, 0) is 14.1 Å². The average Bonchev–Trinajstić information content (AvgIpc) is 1.99. The lowest BCUT2D eigenvalue weighted by molar-refractivity contribution is -0.144. The molecule has 0 aliphatic heterocycles. The van der Waals surface area contributed by atoms with Crippen LogP contribution in [0.4, 0.5) is 0 Å². The van der Waals surface area contributed by atoms with E-state index in [-0.39, 0.29) is 13.0 Å². The predicted octanol–water partition coefficient (Wildman–Crippen LogP) is -0.555. The number of nitrogens with two attached hydrogens (primary N) is 1. The molecule has 0 fully saturated rings. The molecule has 0 bridgehead atoms. The molecule has 0 saturated carbocycles. The van der Waals surface area contributed by atoms with Crippen LogP contribution in [0.5, 0.6) is 0 Å². The van der Waals surface area contributed by atoms with E-state index in [9.17, 15) is 9.36 Å². The zero-order valence-corrected chi connectivity index (χ0v) is 8.24. The van der Waals surface area contributed by atoms with Gasteiger partial charge in [0.25, 0.3) is 0 Å². The van der Waals surface area contributed by atoms with Crippen molar-refractivity contribution in [1.29, 1.82) is 0 Å². The molecular weight excluding hydrogens is 197 g/mol. The first-order valence-corrected chi connectivity index (χ1v) is 5.63. The third kappa shape index (κ3) is 6.72. The zero-order chi connectivity index (χ0) is 10.5. The van der Waals surface area contributed by atoms with Crippen molar-refractivity contribution in [2.75, 3.05) is 12.8 Å². The second-order valence-corrected chi connectivity index (χ2v) is 4.31. The number of carbonyl (C=O) groups is 1. The Hall–Kier alpha value is -0.420. The van der Waals surface area contributed by atoms with Crippen LogP contribution in [0.25, 0.3) is 0 Å². The fourth-order valence-corrected chi connectivity index (χ4v) is 1.29. The Bertz CT molecular complexity index is 213. The third-order valence-electron chi connectivity index (χ3n) is 1.32. The quantitative estimate of drug-likeness (QED) is 0.415. The maximum atomic E-state index is 10.9. The minimum atomic E-state index is -4.07. The molecule has 78 valence electrons. The molecule has 0 heterocycles. The van der Waals surface area contributed by atoms with Crippen LogP contribution in [0.15, 0.2) is 0 Å². The van der Waals surface area contributed by atoms with E-state index in [0.29, 0.717) is 0 Å². The van der Waals surface area contributed by atoms with E-state index in [2.05, 4.69) is 4.74 Å². The molecule has 0 spiro atoms. The molecule has 0 aromatic carbocycles. The van der Waals surface area contributed by atoms with Crippen molar-refractivity contribution < 1.29 is 23.9 Å². The number of rotatable bonds is 5. The Labute approximate surface area is 76.2 Å². The van der Waals surface area contributed by atoms with Crippen LogP contribution in [-0.4, -0.2) is 34.6 Å². The highest BCUT2D eigenvalue weighted by Crippen LogP contribution is 2.35. The smallest absolute Gasteiger partial charge is 0.325 e. The topological polar surface area (TPSA) is 110 Å². The highest BCUT2D eigenvalue weighted by Gasteiger charge is 2.20. The molecule has 0 saturated heterocycles. The van der Waals surface area contributed by atoms with E-state index in [1.165, 1.54) is 0 Å². The van der Waals surface area contributed by atoms with Gasteiger partial charge in [0.2, 0.25) is 0 Å². The van der Waals surface area contributed by atoms with Gasteiger partial charge in [0.05, 0.1) is 12.8 Å². The van der Waals surface area contributed by atoms with Crippen LogP contribution in [0.2, 0.25) is 0 Å². The lowest BCUT2D eigenvalue weighted by Gasteiger charge is -2.10. The normalized spacial score (nSPS) is 13.8. The second-order valence-electron chi connectivity index (χ2n) is 2.54. The van der Waals surface area contributed by atoms with Gasteiger partial charge in [-0.15, -0.1) is 0 Å². The Morgan fingerprint density at radius 3 is 2.54 bits per heavy atom. The minimum absolute atomic E-state index is 0.0664. The summed E-state index contributed by atoms with van der Waals surface area (Å²) in [5.41, 5.74) is 5.29. The van der Waals surface area contributed by atoms with Crippen LogP contribution >= 0.6 is 7.60 Å². The summed E-state index contributed by atoms with van der Waals surface area (Å²) in [7, 11) is -4.07. The largest absolute Gasteiger partial charge is 0.465 e. The molecule has 0 rings (SSSR count). The third-order valence-corrected chi connectivity index (χ3v) is 2.16. The molecule has 0 amide bonds. The first-order valence-electron chi connectivity index (χ1n) is 3.83. The summed E-state index contributed by atoms with van der Waals surface area (Å²) in [6, 6.07) is -0.951. The van der Waals surface area contributed by atoms with E-state index in [0.717, 1.165) is 0 Å². The summed E-state index contributed by atoms with van der Waals surface area (Å²) in [4.78, 5) is 27.8. The summed E-state index contributed by atoms with van der Waals surface area (Å²) in [6.45, 7) is 1.84. The van der Waals surface area contributed by atoms with Crippen molar-refractivity contribution in [2.45, 2.75) is 19.4 Å². The molecular formula is C6H14NO5P. The summed E-state index contributed by atoms with van der Waals surface area (Å²) >= 11 is 0. The monoisotopic (exact) mass is 211 g/mol. The van der Waals surface area contributed by atoms with Crippen LogP contribution in [0.3, 0.4) is 0 Å². The molecule has 1 atom stereocenters. The zero-order valence-electron chi connectivity index (χ0n) is 7.34. The number of hydrogen-bond acceptors (Lipinski definition) is 4. The average molecular weight is 211 g/mol. The Morgan fingerprint density at radius 1 is 1.62 bits per heavy atom.